The normalized spacial score (nSPS) is 16.3. The number of carbonyl (C=O) groups is 1. The third-order valence-corrected chi connectivity index (χ3v) is 3.86. The molecule has 1 aliphatic rings. The summed E-state index contributed by atoms with van der Waals surface area (Å²) in [4.78, 5) is 14.3. The van der Waals surface area contributed by atoms with Gasteiger partial charge in [0.05, 0.1) is 0 Å². The minimum Gasteiger partial charge on any atom is -0.306 e. The molecular formula is C16H23NO. The molecule has 18 heavy (non-hydrogen) atoms. The highest BCUT2D eigenvalue weighted by molar-refractivity contribution is 5.96. The quantitative estimate of drug-likeness (QED) is 0.716. The van der Waals surface area contributed by atoms with Crippen molar-refractivity contribution in [1.29, 1.82) is 0 Å². The Bertz CT molecular complexity index is 368. The lowest BCUT2D eigenvalue weighted by molar-refractivity contribution is 0.0966. The molecule has 0 unspecified atom stereocenters. The van der Waals surface area contributed by atoms with Crippen molar-refractivity contribution >= 4 is 5.78 Å². The summed E-state index contributed by atoms with van der Waals surface area (Å²) in [7, 11) is 2.14. The monoisotopic (exact) mass is 245 g/mol. The molecule has 1 aliphatic carbocycles. The zero-order valence-electron chi connectivity index (χ0n) is 11.3. The Hall–Kier alpha value is -1.15. The summed E-state index contributed by atoms with van der Waals surface area (Å²) in [5, 5.41) is 0. The van der Waals surface area contributed by atoms with E-state index in [1.165, 1.54) is 25.7 Å². The van der Waals surface area contributed by atoms with E-state index in [-0.39, 0.29) is 5.78 Å². The van der Waals surface area contributed by atoms with Crippen LogP contribution in [0.1, 0.15) is 42.5 Å². The molecule has 1 aromatic carbocycles. The molecule has 0 atom stereocenters. The van der Waals surface area contributed by atoms with Gasteiger partial charge < -0.3 is 4.90 Å². The summed E-state index contributed by atoms with van der Waals surface area (Å²) in [6.45, 7) is 2.03. The van der Waals surface area contributed by atoms with Gasteiger partial charge >= 0.3 is 0 Å². The van der Waals surface area contributed by atoms with E-state index >= 15 is 0 Å². The lowest BCUT2D eigenvalue weighted by Crippen LogP contribution is -2.27. The number of rotatable bonds is 6. The van der Waals surface area contributed by atoms with Gasteiger partial charge in [-0.3, -0.25) is 4.79 Å². The second-order valence-corrected chi connectivity index (χ2v) is 5.45. The Balaban J connectivity index is 1.72. The molecule has 0 bridgehead atoms. The molecule has 0 radical (unpaired) electrons. The fourth-order valence-corrected chi connectivity index (χ4v) is 2.79. The number of ketones is 1. The SMILES string of the molecule is CN(CCC(=O)c1ccccc1)CC1CCCC1. The lowest BCUT2D eigenvalue weighted by atomic mass is 10.1. The standard InChI is InChI=1S/C16H23NO/c1-17(13-14-7-5-6-8-14)12-11-16(18)15-9-3-2-4-10-15/h2-4,9-10,14H,5-8,11-13H2,1H3. The maximum absolute atomic E-state index is 12.0. The molecule has 0 saturated heterocycles. The smallest absolute Gasteiger partial charge is 0.164 e. The topological polar surface area (TPSA) is 20.3 Å². The average Bonchev–Trinajstić information content (AvgIpc) is 2.90. The third-order valence-electron chi connectivity index (χ3n) is 3.86. The van der Waals surface area contributed by atoms with Gasteiger partial charge in [0.2, 0.25) is 0 Å². The molecule has 0 aromatic heterocycles. The van der Waals surface area contributed by atoms with Crippen molar-refractivity contribution in [2.75, 3.05) is 20.1 Å². The zero-order valence-corrected chi connectivity index (χ0v) is 11.3. The van der Waals surface area contributed by atoms with Crippen LogP contribution in [0.5, 0.6) is 0 Å². The molecule has 0 amide bonds. The molecule has 2 nitrogen and oxygen atoms in total. The molecule has 1 fully saturated rings. The number of carbonyl (C=O) groups excluding carboxylic acids is 1. The van der Waals surface area contributed by atoms with E-state index in [2.05, 4.69) is 11.9 Å². The van der Waals surface area contributed by atoms with Crippen LogP contribution in [-0.4, -0.2) is 30.8 Å². The maximum Gasteiger partial charge on any atom is 0.164 e. The van der Waals surface area contributed by atoms with Crippen LogP contribution in [0.2, 0.25) is 0 Å². The number of nitrogens with zero attached hydrogens (tertiary/aromatic N) is 1. The molecule has 98 valence electrons. The van der Waals surface area contributed by atoms with Gasteiger partial charge in [-0.1, -0.05) is 43.2 Å². The summed E-state index contributed by atoms with van der Waals surface area (Å²) < 4.78 is 0. The zero-order chi connectivity index (χ0) is 12.8. The van der Waals surface area contributed by atoms with E-state index in [1.807, 2.05) is 30.3 Å². The van der Waals surface area contributed by atoms with E-state index in [0.717, 1.165) is 24.6 Å². The molecule has 1 saturated carbocycles. The second kappa shape index (κ2) is 6.69. The Morgan fingerprint density at radius 2 is 1.89 bits per heavy atom. The summed E-state index contributed by atoms with van der Waals surface area (Å²) in [6, 6.07) is 9.60. The van der Waals surface area contributed by atoms with Crippen LogP contribution in [0.4, 0.5) is 0 Å². The van der Waals surface area contributed by atoms with Crippen LogP contribution in [-0.2, 0) is 0 Å². The van der Waals surface area contributed by atoms with Crippen LogP contribution in [0.15, 0.2) is 30.3 Å². The van der Waals surface area contributed by atoms with E-state index in [0.29, 0.717) is 6.42 Å². The summed E-state index contributed by atoms with van der Waals surface area (Å²) >= 11 is 0. The predicted molar refractivity (Wildman–Crippen MR) is 74.8 cm³/mol. The van der Waals surface area contributed by atoms with Crippen molar-refractivity contribution in [3.05, 3.63) is 35.9 Å². The molecule has 0 heterocycles. The van der Waals surface area contributed by atoms with Crippen LogP contribution < -0.4 is 0 Å². The fraction of sp³-hybridized carbons (Fsp3) is 0.562. The first-order valence-electron chi connectivity index (χ1n) is 7.02. The molecule has 2 heteroatoms. The molecular weight excluding hydrogens is 222 g/mol. The van der Waals surface area contributed by atoms with E-state index < -0.39 is 0 Å². The molecule has 0 N–H and O–H groups in total. The molecule has 0 spiro atoms. The second-order valence-electron chi connectivity index (χ2n) is 5.45. The summed E-state index contributed by atoms with van der Waals surface area (Å²) in [5.74, 6) is 1.12. The van der Waals surface area contributed by atoms with Crippen molar-refractivity contribution in [3.63, 3.8) is 0 Å². The number of benzene rings is 1. The number of Topliss-reactive ketones (excluding diaryl/α,β-unsaturated/α-hetero) is 1. The van der Waals surface area contributed by atoms with Gasteiger partial charge in [0.1, 0.15) is 0 Å². The Kier molecular flexibility index (Phi) is 4.94. The first-order valence-corrected chi connectivity index (χ1v) is 7.02. The molecule has 0 aliphatic heterocycles. The van der Waals surface area contributed by atoms with Crippen molar-refractivity contribution in [1.82, 2.24) is 4.90 Å². The minimum atomic E-state index is 0.258. The van der Waals surface area contributed by atoms with E-state index in [1.54, 1.807) is 0 Å². The largest absolute Gasteiger partial charge is 0.306 e. The van der Waals surface area contributed by atoms with Gasteiger partial charge in [-0.2, -0.15) is 0 Å². The maximum atomic E-state index is 12.0. The van der Waals surface area contributed by atoms with Crippen molar-refractivity contribution < 1.29 is 4.79 Å². The van der Waals surface area contributed by atoms with Gasteiger partial charge in [-0.05, 0) is 25.8 Å². The Labute approximate surface area is 110 Å². The number of hydrogen-bond donors (Lipinski definition) is 0. The fourth-order valence-electron chi connectivity index (χ4n) is 2.79. The minimum absolute atomic E-state index is 0.258. The Morgan fingerprint density at radius 3 is 2.56 bits per heavy atom. The van der Waals surface area contributed by atoms with Gasteiger partial charge in [0.25, 0.3) is 0 Å². The first-order chi connectivity index (χ1) is 8.75. The van der Waals surface area contributed by atoms with Crippen LogP contribution in [0.3, 0.4) is 0 Å². The summed E-state index contributed by atoms with van der Waals surface area (Å²) in [5.41, 5.74) is 0.840. The van der Waals surface area contributed by atoms with E-state index in [4.69, 9.17) is 0 Å². The van der Waals surface area contributed by atoms with Gasteiger partial charge in [-0.25, -0.2) is 0 Å². The van der Waals surface area contributed by atoms with Gasteiger partial charge in [0, 0.05) is 25.1 Å². The van der Waals surface area contributed by atoms with Crippen molar-refractivity contribution in [2.45, 2.75) is 32.1 Å². The molecule has 1 aromatic rings. The predicted octanol–water partition coefficient (Wildman–Crippen LogP) is 3.38. The highest BCUT2D eigenvalue weighted by Gasteiger charge is 2.17. The van der Waals surface area contributed by atoms with Crippen molar-refractivity contribution in [3.8, 4) is 0 Å². The number of hydrogen-bond acceptors (Lipinski definition) is 2. The van der Waals surface area contributed by atoms with Crippen LogP contribution in [0.25, 0.3) is 0 Å². The Morgan fingerprint density at radius 1 is 1.22 bits per heavy atom. The van der Waals surface area contributed by atoms with Crippen LogP contribution in [0, 0.1) is 5.92 Å². The van der Waals surface area contributed by atoms with Crippen LogP contribution >= 0.6 is 0 Å². The van der Waals surface area contributed by atoms with Gasteiger partial charge in [-0.15, -0.1) is 0 Å². The lowest BCUT2D eigenvalue weighted by Gasteiger charge is -2.20. The highest BCUT2D eigenvalue weighted by atomic mass is 16.1. The first kappa shape index (κ1) is 13.3. The molecule has 2 rings (SSSR count). The summed E-state index contributed by atoms with van der Waals surface area (Å²) in [6.07, 6.45) is 6.16. The third kappa shape index (κ3) is 3.95. The highest BCUT2D eigenvalue weighted by Crippen LogP contribution is 2.25. The van der Waals surface area contributed by atoms with E-state index in [9.17, 15) is 4.79 Å². The van der Waals surface area contributed by atoms with Crippen molar-refractivity contribution in [2.24, 2.45) is 5.92 Å². The van der Waals surface area contributed by atoms with Gasteiger partial charge in [0.15, 0.2) is 5.78 Å². The average molecular weight is 245 g/mol.